The maximum absolute atomic E-state index is 11.9. The Morgan fingerprint density at radius 2 is 2.45 bits per heavy atom. The summed E-state index contributed by atoms with van der Waals surface area (Å²) in [5.41, 5.74) is 0.381. The van der Waals surface area contributed by atoms with Crippen molar-refractivity contribution in [3.05, 3.63) is 42.6 Å². The van der Waals surface area contributed by atoms with E-state index in [1.807, 2.05) is 12.3 Å². The number of nitrogens with one attached hydrogen (secondary N) is 1. The zero-order valence-electron chi connectivity index (χ0n) is 10.7. The summed E-state index contributed by atoms with van der Waals surface area (Å²) >= 11 is 0. The Kier molecular flexibility index (Phi) is 3.49. The summed E-state index contributed by atoms with van der Waals surface area (Å²) in [6, 6.07) is 5.42. The van der Waals surface area contributed by atoms with E-state index in [0.29, 0.717) is 31.0 Å². The van der Waals surface area contributed by atoms with Crippen LogP contribution < -0.4 is 5.32 Å². The van der Waals surface area contributed by atoms with Gasteiger partial charge in [0.05, 0.1) is 12.8 Å². The zero-order valence-corrected chi connectivity index (χ0v) is 10.7. The topological polar surface area (TPSA) is 81.7 Å². The molecule has 20 heavy (non-hydrogen) atoms. The van der Waals surface area contributed by atoms with Gasteiger partial charge in [-0.2, -0.15) is 5.10 Å². The number of carbonyl (C=O) groups excluding carboxylic acids is 1. The van der Waals surface area contributed by atoms with Crippen LogP contribution in [0.5, 0.6) is 0 Å². The van der Waals surface area contributed by atoms with Gasteiger partial charge < -0.3 is 14.6 Å². The van der Waals surface area contributed by atoms with Gasteiger partial charge in [-0.1, -0.05) is 5.16 Å². The van der Waals surface area contributed by atoms with Gasteiger partial charge in [0, 0.05) is 25.4 Å². The zero-order chi connectivity index (χ0) is 13.8. The fraction of sp³-hybridized carbons (Fsp3) is 0.308. The lowest BCUT2D eigenvalue weighted by Gasteiger charge is -2.05. The van der Waals surface area contributed by atoms with Crippen molar-refractivity contribution in [3.8, 4) is 0 Å². The molecule has 1 aliphatic rings. The molecule has 7 heteroatoms. The van der Waals surface area contributed by atoms with Crippen molar-refractivity contribution < 1.29 is 14.0 Å². The third kappa shape index (κ3) is 2.71. The summed E-state index contributed by atoms with van der Waals surface area (Å²) in [7, 11) is 0. The molecule has 2 aromatic heterocycles. The van der Waals surface area contributed by atoms with Crippen LogP contribution in [0.2, 0.25) is 0 Å². The molecule has 0 saturated heterocycles. The summed E-state index contributed by atoms with van der Waals surface area (Å²) in [6.45, 7) is 1.11. The molecule has 104 valence electrons. The van der Waals surface area contributed by atoms with Crippen molar-refractivity contribution in [1.82, 2.24) is 15.1 Å². The van der Waals surface area contributed by atoms with Crippen LogP contribution in [0.3, 0.4) is 0 Å². The van der Waals surface area contributed by atoms with E-state index >= 15 is 0 Å². The molecule has 0 bridgehead atoms. The monoisotopic (exact) mass is 274 g/mol. The van der Waals surface area contributed by atoms with E-state index < -0.39 is 0 Å². The Bertz CT molecular complexity index is 589. The number of rotatable bonds is 5. The molecule has 0 aromatic carbocycles. The van der Waals surface area contributed by atoms with Gasteiger partial charge in [-0.15, -0.1) is 0 Å². The van der Waals surface area contributed by atoms with Crippen LogP contribution in [0, 0.1) is 0 Å². The van der Waals surface area contributed by atoms with Crippen molar-refractivity contribution >= 4 is 11.6 Å². The third-order valence-corrected chi connectivity index (χ3v) is 2.98. The lowest BCUT2D eigenvalue weighted by Crippen LogP contribution is -2.33. The molecule has 0 saturated carbocycles. The SMILES string of the molecule is O=C(NCCn1cccn1)C1=NOC(c2ccco2)C1. The predicted molar refractivity (Wildman–Crippen MR) is 69.8 cm³/mol. The number of amides is 1. The van der Waals surface area contributed by atoms with Crippen LogP contribution in [-0.4, -0.2) is 27.9 Å². The van der Waals surface area contributed by atoms with E-state index in [0.717, 1.165) is 0 Å². The van der Waals surface area contributed by atoms with Gasteiger partial charge in [-0.25, -0.2) is 0 Å². The minimum Gasteiger partial charge on any atom is -0.465 e. The normalized spacial score (nSPS) is 17.6. The van der Waals surface area contributed by atoms with Crippen molar-refractivity contribution in [3.63, 3.8) is 0 Å². The average molecular weight is 274 g/mol. The first-order valence-corrected chi connectivity index (χ1v) is 6.34. The molecule has 0 radical (unpaired) electrons. The quantitative estimate of drug-likeness (QED) is 0.885. The molecule has 2 aromatic rings. The number of furan rings is 1. The van der Waals surface area contributed by atoms with E-state index in [2.05, 4.69) is 15.6 Å². The van der Waals surface area contributed by atoms with Gasteiger partial charge in [0.2, 0.25) is 0 Å². The van der Waals surface area contributed by atoms with Gasteiger partial charge in [0.25, 0.3) is 5.91 Å². The average Bonchev–Trinajstić information content (AvgIpc) is 3.20. The molecule has 3 rings (SSSR count). The van der Waals surface area contributed by atoms with Crippen LogP contribution in [0.1, 0.15) is 18.3 Å². The molecule has 1 N–H and O–H groups in total. The van der Waals surface area contributed by atoms with Crippen LogP contribution in [-0.2, 0) is 16.2 Å². The number of nitrogens with zero attached hydrogens (tertiary/aromatic N) is 3. The van der Waals surface area contributed by atoms with Crippen molar-refractivity contribution in [1.29, 1.82) is 0 Å². The Morgan fingerprint density at radius 3 is 3.20 bits per heavy atom. The highest BCUT2D eigenvalue weighted by Gasteiger charge is 2.28. The molecule has 1 atom stereocenters. The number of hydrogen-bond acceptors (Lipinski definition) is 5. The molecule has 1 unspecified atom stereocenters. The molecular formula is C13H14N4O3. The Morgan fingerprint density at radius 1 is 1.50 bits per heavy atom. The molecule has 1 amide bonds. The first kappa shape index (κ1) is 12.5. The van der Waals surface area contributed by atoms with E-state index in [1.165, 1.54) is 0 Å². The molecule has 3 heterocycles. The first-order valence-electron chi connectivity index (χ1n) is 6.34. The summed E-state index contributed by atoms with van der Waals surface area (Å²) in [5.74, 6) is 0.458. The number of hydrogen-bond donors (Lipinski definition) is 1. The highest BCUT2D eigenvalue weighted by atomic mass is 16.6. The summed E-state index contributed by atoms with van der Waals surface area (Å²) in [6.07, 6.45) is 5.22. The van der Waals surface area contributed by atoms with E-state index in [4.69, 9.17) is 9.25 Å². The van der Waals surface area contributed by atoms with Gasteiger partial charge in [-0.05, 0) is 18.2 Å². The van der Waals surface area contributed by atoms with Crippen LogP contribution >= 0.6 is 0 Å². The third-order valence-electron chi connectivity index (χ3n) is 2.98. The number of aromatic nitrogens is 2. The second kappa shape index (κ2) is 5.60. The number of oxime groups is 1. The molecule has 0 aliphatic carbocycles. The van der Waals surface area contributed by atoms with E-state index in [1.54, 1.807) is 29.3 Å². The maximum atomic E-state index is 11.9. The number of carbonyl (C=O) groups is 1. The Hall–Kier alpha value is -2.57. The van der Waals surface area contributed by atoms with Gasteiger partial charge in [-0.3, -0.25) is 9.48 Å². The van der Waals surface area contributed by atoms with Gasteiger partial charge >= 0.3 is 0 Å². The van der Waals surface area contributed by atoms with E-state index in [9.17, 15) is 4.79 Å². The molecule has 7 nitrogen and oxygen atoms in total. The lowest BCUT2D eigenvalue weighted by molar-refractivity contribution is -0.114. The predicted octanol–water partition coefficient (Wildman–Crippen LogP) is 1.11. The van der Waals surface area contributed by atoms with Gasteiger partial charge in [0.15, 0.2) is 6.10 Å². The Labute approximate surface area is 115 Å². The second-order valence-electron chi connectivity index (χ2n) is 4.38. The summed E-state index contributed by atoms with van der Waals surface area (Å²) in [5, 5.41) is 10.7. The van der Waals surface area contributed by atoms with Crippen molar-refractivity contribution in [2.75, 3.05) is 6.54 Å². The minimum absolute atomic E-state index is 0.216. The van der Waals surface area contributed by atoms with Crippen molar-refractivity contribution in [2.24, 2.45) is 5.16 Å². The first-order chi connectivity index (χ1) is 9.83. The van der Waals surface area contributed by atoms with Gasteiger partial charge in [0.1, 0.15) is 11.5 Å². The standard InChI is InChI=1S/C13H14N4O3/c18-13(14-5-7-17-6-2-4-15-17)10-9-12(20-16-10)11-3-1-8-19-11/h1-4,6,8,12H,5,7,9H2,(H,14,18). The highest BCUT2D eigenvalue weighted by molar-refractivity contribution is 6.39. The van der Waals surface area contributed by atoms with Crippen LogP contribution in [0.15, 0.2) is 46.4 Å². The smallest absolute Gasteiger partial charge is 0.269 e. The lowest BCUT2D eigenvalue weighted by atomic mass is 10.1. The van der Waals surface area contributed by atoms with Crippen molar-refractivity contribution in [2.45, 2.75) is 19.1 Å². The van der Waals surface area contributed by atoms with E-state index in [-0.39, 0.29) is 12.0 Å². The second-order valence-corrected chi connectivity index (χ2v) is 4.38. The molecular weight excluding hydrogens is 260 g/mol. The summed E-state index contributed by atoms with van der Waals surface area (Å²) in [4.78, 5) is 17.1. The molecule has 0 fully saturated rings. The Balaban J connectivity index is 1.46. The molecule has 0 spiro atoms. The largest absolute Gasteiger partial charge is 0.465 e. The minimum atomic E-state index is -0.308. The van der Waals surface area contributed by atoms with Crippen LogP contribution in [0.25, 0.3) is 0 Å². The molecule has 1 aliphatic heterocycles. The maximum Gasteiger partial charge on any atom is 0.269 e. The van der Waals surface area contributed by atoms with Crippen LogP contribution in [0.4, 0.5) is 0 Å². The fourth-order valence-electron chi connectivity index (χ4n) is 1.96. The summed E-state index contributed by atoms with van der Waals surface area (Å²) < 4.78 is 6.98. The fourth-order valence-corrected chi connectivity index (χ4v) is 1.96. The highest BCUT2D eigenvalue weighted by Crippen LogP contribution is 2.27.